The summed E-state index contributed by atoms with van der Waals surface area (Å²) in [7, 11) is 0. The zero-order chi connectivity index (χ0) is 14.0. The van der Waals surface area contributed by atoms with Gasteiger partial charge in [-0.1, -0.05) is 0 Å². The van der Waals surface area contributed by atoms with E-state index in [9.17, 15) is 25.4 Å². The molecule has 0 radical (unpaired) electrons. The van der Waals surface area contributed by atoms with Crippen LogP contribution in [0.1, 0.15) is 0 Å². The van der Waals surface area contributed by atoms with Crippen molar-refractivity contribution in [3.05, 3.63) is 34.4 Å². The Hall–Kier alpha value is -1.74. The predicted octanol–water partition coefficient (Wildman–Crippen LogP) is -0.554. The van der Waals surface area contributed by atoms with Gasteiger partial charge in [-0.3, -0.25) is 10.1 Å². The molecule has 0 saturated carbocycles. The van der Waals surface area contributed by atoms with Crippen molar-refractivity contribution in [2.45, 2.75) is 24.5 Å². The molecule has 1 heterocycles. The normalized spacial score (nSPS) is 30.9. The molecule has 4 atom stereocenters. The number of nitro benzene ring substituents is 1. The first-order chi connectivity index (χ1) is 8.99. The highest BCUT2D eigenvalue weighted by Gasteiger charge is 2.37. The van der Waals surface area contributed by atoms with Gasteiger partial charge in [0.2, 0.25) is 0 Å². The highest BCUT2D eigenvalue weighted by Crippen LogP contribution is 2.20. The van der Waals surface area contributed by atoms with Crippen molar-refractivity contribution < 1.29 is 25.0 Å². The lowest BCUT2D eigenvalue weighted by atomic mass is 10.0. The van der Waals surface area contributed by atoms with E-state index in [1.807, 2.05) is 0 Å². The van der Waals surface area contributed by atoms with Gasteiger partial charge < -0.3 is 25.4 Å². The molecular weight excluding hydrogens is 256 g/mol. The number of non-ortho nitro benzene ring substituents is 1. The second-order valence-corrected chi connectivity index (χ2v) is 4.25. The molecule has 1 aromatic rings. The third kappa shape index (κ3) is 2.99. The molecule has 0 bridgehead atoms. The molecule has 2 rings (SSSR count). The average Bonchev–Trinajstić information content (AvgIpc) is 2.40. The summed E-state index contributed by atoms with van der Waals surface area (Å²) in [5, 5.41) is 41.8. The molecule has 0 aromatic heterocycles. The minimum Gasteiger partial charge on any atom is -0.388 e. The summed E-state index contributed by atoms with van der Waals surface area (Å²) in [6.07, 6.45) is -4.62. The van der Waals surface area contributed by atoms with Crippen molar-refractivity contribution in [3.63, 3.8) is 0 Å². The largest absolute Gasteiger partial charge is 0.388 e. The number of benzene rings is 1. The van der Waals surface area contributed by atoms with E-state index >= 15 is 0 Å². The van der Waals surface area contributed by atoms with Gasteiger partial charge in [0.25, 0.3) is 5.69 Å². The smallest absolute Gasteiger partial charge is 0.269 e. The van der Waals surface area contributed by atoms with E-state index in [1.54, 1.807) is 0 Å². The minimum atomic E-state index is -1.30. The van der Waals surface area contributed by atoms with Gasteiger partial charge in [0, 0.05) is 17.8 Å². The van der Waals surface area contributed by atoms with Gasteiger partial charge in [-0.25, -0.2) is 0 Å². The van der Waals surface area contributed by atoms with E-state index in [0.717, 1.165) is 0 Å². The fourth-order valence-electron chi connectivity index (χ4n) is 1.78. The molecule has 0 aliphatic carbocycles. The van der Waals surface area contributed by atoms with Crippen LogP contribution in [0.25, 0.3) is 0 Å². The van der Waals surface area contributed by atoms with Crippen LogP contribution in [0.5, 0.6) is 0 Å². The van der Waals surface area contributed by atoms with Gasteiger partial charge in [0.15, 0.2) is 6.23 Å². The van der Waals surface area contributed by atoms with E-state index in [1.165, 1.54) is 24.3 Å². The quantitative estimate of drug-likeness (QED) is 0.428. The standard InChI is InChI=1S/C11H14N2O6/c14-8-5-19-11(10(16)9(8)15)12-6-1-3-7(4-2-6)13(17)18/h1-4,8-12,14-16H,5H2/t8-,9-,10+,11+/m0/s1. The molecule has 1 saturated heterocycles. The Balaban J connectivity index is 2.03. The Kier molecular flexibility index (Phi) is 3.96. The molecule has 8 nitrogen and oxygen atoms in total. The summed E-state index contributed by atoms with van der Waals surface area (Å²) in [5.74, 6) is 0. The molecule has 4 N–H and O–H groups in total. The number of rotatable bonds is 3. The summed E-state index contributed by atoms with van der Waals surface area (Å²) >= 11 is 0. The number of hydrogen-bond acceptors (Lipinski definition) is 7. The molecule has 1 fully saturated rings. The number of anilines is 1. The number of ether oxygens (including phenoxy) is 1. The monoisotopic (exact) mass is 270 g/mol. The summed E-state index contributed by atoms with van der Waals surface area (Å²) in [6, 6.07) is 5.54. The number of nitrogens with zero attached hydrogens (tertiary/aromatic N) is 1. The third-order valence-electron chi connectivity index (χ3n) is 2.89. The van der Waals surface area contributed by atoms with Crippen LogP contribution in [0.4, 0.5) is 11.4 Å². The third-order valence-corrected chi connectivity index (χ3v) is 2.89. The molecule has 8 heteroatoms. The van der Waals surface area contributed by atoms with Gasteiger partial charge in [-0.15, -0.1) is 0 Å². The summed E-state index contributed by atoms with van der Waals surface area (Å²) < 4.78 is 5.15. The van der Waals surface area contributed by atoms with Gasteiger partial charge >= 0.3 is 0 Å². The van der Waals surface area contributed by atoms with Crippen LogP contribution in [-0.4, -0.2) is 51.4 Å². The first-order valence-electron chi connectivity index (χ1n) is 5.66. The van der Waals surface area contributed by atoms with E-state index in [2.05, 4.69) is 5.32 Å². The first-order valence-corrected chi connectivity index (χ1v) is 5.66. The summed E-state index contributed by atoms with van der Waals surface area (Å²) in [6.45, 7) is -0.108. The highest BCUT2D eigenvalue weighted by atomic mass is 16.6. The van der Waals surface area contributed by atoms with Crippen molar-refractivity contribution >= 4 is 11.4 Å². The van der Waals surface area contributed by atoms with Crippen LogP contribution in [0.2, 0.25) is 0 Å². The SMILES string of the molecule is O=[N+]([O-])c1ccc(N[C@@H]2OC[C@H](O)[C@H](O)[C@H]2O)cc1. The predicted molar refractivity (Wildman–Crippen MR) is 64.5 cm³/mol. The Morgan fingerprint density at radius 3 is 2.42 bits per heavy atom. The van der Waals surface area contributed by atoms with Gasteiger partial charge in [0.1, 0.15) is 18.3 Å². The minimum absolute atomic E-state index is 0.0499. The van der Waals surface area contributed by atoms with E-state index < -0.39 is 29.5 Å². The Morgan fingerprint density at radius 2 is 1.84 bits per heavy atom. The highest BCUT2D eigenvalue weighted by molar-refractivity contribution is 5.49. The maximum Gasteiger partial charge on any atom is 0.269 e. The second-order valence-electron chi connectivity index (χ2n) is 4.25. The molecule has 104 valence electrons. The fraction of sp³-hybridized carbons (Fsp3) is 0.455. The molecular formula is C11H14N2O6. The molecule has 1 aromatic carbocycles. The number of nitro groups is 1. The van der Waals surface area contributed by atoms with Crippen molar-refractivity contribution in [1.29, 1.82) is 0 Å². The van der Waals surface area contributed by atoms with Crippen LogP contribution in [0, 0.1) is 10.1 Å². The number of nitrogens with one attached hydrogen (secondary N) is 1. The first kappa shape index (κ1) is 13.7. The van der Waals surface area contributed by atoms with Crippen molar-refractivity contribution in [2.75, 3.05) is 11.9 Å². The Bertz CT molecular complexity index is 451. The maximum atomic E-state index is 10.5. The van der Waals surface area contributed by atoms with Crippen molar-refractivity contribution in [3.8, 4) is 0 Å². The van der Waals surface area contributed by atoms with Crippen LogP contribution >= 0.6 is 0 Å². The number of aliphatic hydroxyl groups is 3. The average molecular weight is 270 g/mol. The maximum absolute atomic E-state index is 10.5. The van der Waals surface area contributed by atoms with Crippen LogP contribution < -0.4 is 5.32 Å². The Labute approximate surface area is 108 Å². The van der Waals surface area contributed by atoms with E-state index in [-0.39, 0.29) is 12.3 Å². The molecule has 0 unspecified atom stereocenters. The van der Waals surface area contributed by atoms with E-state index in [0.29, 0.717) is 5.69 Å². The number of hydrogen-bond donors (Lipinski definition) is 4. The van der Waals surface area contributed by atoms with Crippen molar-refractivity contribution in [1.82, 2.24) is 0 Å². The molecule has 0 spiro atoms. The lowest BCUT2D eigenvalue weighted by molar-refractivity contribution is -0.384. The van der Waals surface area contributed by atoms with Crippen LogP contribution in [0.15, 0.2) is 24.3 Å². The molecule has 1 aliphatic rings. The zero-order valence-electron chi connectivity index (χ0n) is 9.84. The summed E-state index contributed by atoms with van der Waals surface area (Å²) in [4.78, 5) is 9.97. The van der Waals surface area contributed by atoms with Crippen molar-refractivity contribution in [2.24, 2.45) is 0 Å². The van der Waals surface area contributed by atoms with Gasteiger partial charge in [0.05, 0.1) is 11.5 Å². The van der Waals surface area contributed by atoms with Crippen LogP contribution in [0.3, 0.4) is 0 Å². The van der Waals surface area contributed by atoms with E-state index in [4.69, 9.17) is 4.74 Å². The lowest BCUT2D eigenvalue weighted by Gasteiger charge is -2.35. The van der Waals surface area contributed by atoms with Crippen LogP contribution in [-0.2, 0) is 4.74 Å². The Morgan fingerprint density at radius 1 is 1.21 bits per heavy atom. The molecule has 1 aliphatic heterocycles. The zero-order valence-corrected chi connectivity index (χ0v) is 9.84. The fourth-order valence-corrected chi connectivity index (χ4v) is 1.78. The number of aliphatic hydroxyl groups excluding tert-OH is 3. The topological polar surface area (TPSA) is 125 Å². The lowest BCUT2D eigenvalue weighted by Crippen LogP contribution is -2.55. The van der Waals surface area contributed by atoms with Gasteiger partial charge in [-0.05, 0) is 12.1 Å². The molecule has 19 heavy (non-hydrogen) atoms. The summed E-state index contributed by atoms with van der Waals surface area (Å²) in [5.41, 5.74) is 0.448. The van der Waals surface area contributed by atoms with Gasteiger partial charge in [-0.2, -0.15) is 0 Å². The second kappa shape index (κ2) is 5.49. The molecule has 0 amide bonds.